The Balaban J connectivity index is 0.00000200. The van der Waals surface area contributed by atoms with Gasteiger partial charge in [-0.05, 0) is 25.8 Å². The number of alkyl halides is 3. The molecule has 0 aliphatic carbocycles. The number of carbonyl (C=O) groups is 2. The Hall–Kier alpha value is -1.02. The molecule has 1 amide bonds. The summed E-state index contributed by atoms with van der Waals surface area (Å²) in [4.78, 5) is 25.3. The first-order valence-corrected chi connectivity index (χ1v) is 6.13. The highest BCUT2D eigenvalue weighted by molar-refractivity contribution is 5.85. The molecule has 0 bridgehead atoms. The molecule has 1 unspecified atom stereocenters. The van der Waals surface area contributed by atoms with Gasteiger partial charge in [0.1, 0.15) is 12.6 Å². The van der Waals surface area contributed by atoms with Gasteiger partial charge in [0.2, 0.25) is 5.91 Å². The van der Waals surface area contributed by atoms with Crippen LogP contribution in [0.3, 0.4) is 0 Å². The minimum absolute atomic E-state index is 0. The van der Waals surface area contributed by atoms with Gasteiger partial charge in [0.25, 0.3) is 0 Å². The summed E-state index contributed by atoms with van der Waals surface area (Å²) in [5, 5.41) is 9.04. The highest BCUT2D eigenvalue weighted by Crippen LogP contribution is 2.28. The van der Waals surface area contributed by atoms with E-state index in [9.17, 15) is 22.8 Å². The van der Waals surface area contributed by atoms with E-state index in [0.29, 0.717) is 19.4 Å². The van der Waals surface area contributed by atoms with Gasteiger partial charge in [-0.25, -0.2) is 0 Å². The fourth-order valence-corrected chi connectivity index (χ4v) is 2.83. The van der Waals surface area contributed by atoms with Crippen LogP contribution in [0.1, 0.15) is 19.3 Å². The fourth-order valence-electron chi connectivity index (χ4n) is 2.83. The van der Waals surface area contributed by atoms with Gasteiger partial charge in [-0.2, -0.15) is 13.2 Å². The average molecular weight is 317 g/mol. The molecule has 2 heterocycles. The van der Waals surface area contributed by atoms with E-state index in [0.717, 1.165) is 4.90 Å². The Morgan fingerprint density at radius 1 is 1.30 bits per heavy atom. The molecule has 116 valence electrons. The number of aliphatic carboxylic acids is 1. The SMILES string of the molecule is Cl.O=C(O)[C@@H]1CCCN1C1CCN(CC(F)(F)F)C1=O. The number of carboxylic acids is 1. The predicted octanol–water partition coefficient (Wildman–Crippen LogP) is 1.12. The van der Waals surface area contributed by atoms with E-state index < -0.39 is 36.7 Å². The highest BCUT2D eigenvalue weighted by atomic mass is 35.5. The lowest BCUT2D eigenvalue weighted by atomic mass is 10.1. The van der Waals surface area contributed by atoms with Gasteiger partial charge in [-0.3, -0.25) is 14.5 Å². The Bertz CT molecular complexity index is 392. The van der Waals surface area contributed by atoms with E-state index in [1.807, 2.05) is 0 Å². The van der Waals surface area contributed by atoms with Crippen molar-refractivity contribution in [2.24, 2.45) is 0 Å². The Labute approximate surface area is 120 Å². The number of amides is 1. The van der Waals surface area contributed by atoms with E-state index in [2.05, 4.69) is 0 Å². The second kappa shape index (κ2) is 6.17. The lowest BCUT2D eigenvalue weighted by molar-refractivity contribution is -0.160. The topological polar surface area (TPSA) is 60.9 Å². The lowest BCUT2D eigenvalue weighted by Crippen LogP contribution is -2.48. The molecule has 2 aliphatic rings. The molecule has 2 aliphatic heterocycles. The molecule has 0 saturated carbocycles. The van der Waals surface area contributed by atoms with Crippen LogP contribution in [0.4, 0.5) is 13.2 Å². The largest absolute Gasteiger partial charge is 0.480 e. The van der Waals surface area contributed by atoms with Crippen LogP contribution in [0.2, 0.25) is 0 Å². The molecule has 2 rings (SSSR count). The van der Waals surface area contributed by atoms with Crippen LogP contribution in [-0.4, -0.2) is 64.7 Å². The van der Waals surface area contributed by atoms with Crippen LogP contribution < -0.4 is 0 Å². The third-order valence-corrected chi connectivity index (χ3v) is 3.62. The maximum absolute atomic E-state index is 12.3. The van der Waals surface area contributed by atoms with E-state index in [1.54, 1.807) is 0 Å². The fraction of sp³-hybridized carbons (Fsp3) is 0.818. The van der Waals surface area contributed by atoms with Crippen LogP contribution in [0.15, 0.2) is 0 Å². The van der Waals surface area contributed by atoms with Crippen LogP contribution in [0.5, 0.6) is 0 Å². The van der Waals surface area contributed by atoms with Gasteiger partial charge in [0.05, 0.1) is 6.04 Å². The van der Waals surface area contributed by atoms with Crippen molar-refractivity contribution in [3.8, 4) is 0 Å². The summed E-state index contributed by atoms with van der Waals surface area (Å²) in [6.07, 6.45) is -3.06. The van der Waals surface area contributed by atoms with Gasteiger partial charge in [0.15, 0.2) is 0 Å². The van der Waals surface area contributed by atoms with E-state index in [4.69, 9.17) is 5.11 Å². The summed E-state index contributed by atoms with van der Waals surface area (Å²) in [6.45, 7) is -0.771. The van der Waals surface area contributed by atoms with E-state index in [-0.39, 0.29) is 25.4 Å². The monoisotopic (exact) mass is 316 g/mol. The molecule has 2 fully saturated rings. The number of hydrogen-bond donors (Lipinski definition) is 1. The highest BCUT2D eigenvalue weighted by Gasteiger charge is 2.45. The molecular weight excluding hydrogens is 301 g/mol. The number of carbonyl (C=O) groups excluding carboxylic acids is 1. The normalized spacial score (nSPS) is 27.8. The van der Waals surface area contributed by atoms with Crippen molar-refractivity contribution in [2.45, 2.75) is 37.5 Å². The molecule has 9 heteroatoms. The summed E-state index contributed by atoms with van der Waals surface area (Å²) in [5.74, 6) is -1.62. The summed E-state index contributed by atoms with van der Waals surface area (Å²) < 4.78 is 36.9. The Kier molecular flexibility index (Phi) is 5.26. The number of rotatable bonds is 3. The molecule has 0 aromatic rings. The third-order valence-electron chi connectivity index (χ3n) is 3.62. The zero-order valence-corrected chi connectivity index (χ0v) is 11.4. The van der Waals surface area contributed by atoms with Crippen LogP contribution in [-0.2, 0) is 9.59 Å². The summed E-state index contributed by atoms with van der Waals surface area (Å²) >= 11 is 0. The van der Waals surface area contributed by atoms with E-state index in [1.165, 1.54) is 4.90 Å². The molecule has 20 heavy (non-hydrogen) atoms. The zero-order chi connectivity index (χ0) is 14.2. The molecular formula is C11H16ClF3N2O3. The Morgan fingerprint density at radius 2 is 1.95 bits per heavy atom. The molecule has 0 aromatic heterocycles. The van der Waals surface area contributed by atoms with Gasteiger partial charge < -0.3 is 10.0 Å². The van der Waals surface area contributed by atoms with Crippen molar-refractivity contribution < 1.29 is 27.9 Å². The maximum Gasteiger partial charge on any atom is 0.406 e. The maximum atomic E-state index is 12.3. The second-order valence-corrected chi connectivity index (χ2v) is 4.91. The summed E-state index contributed by atoms with van der Waals surface area (Å²) in [6, 6.07) is -1.47. The third kappa shape index (κ3) is 3.54. The predicted molar refractivity (Wildman–Crippen MR) is 65.7 cm³/mol. The van der Waals surface area contributed by atoms with Gasteiger partial charge in [0, 0.05) is 6.54 Å². The molecule has 0 radical (unpaired) electrons. The Morgan fingerprint density at radius 3 is 2.50 bits per heavy atom. The first kappa shape index (κ1) is 17.0. The number of hydrogen-bond acceptors (Lipinski definition) is 3. The minimum atomic E-state index is -4.41. The summed E-state index contributed by atoms with van der Waals surface area (Å²) in [7, 11) is 0. The molecule has 0 aromatic carbocycles. The number of carboxylic acid groups (broad SMARTS) is 1. The number of nitrogens with zero attached hydrogens (tertiary/aromatic N) is 2. The number of halogens is 4. The van der Waals surface area contributed by atoms with E-state index >= 15 is 0 Å². The van der Waals surface area contributed by atoms with Gasteiger partial charge in [-0.1, -0.05) is 0 Å². The molecule has 2 saturated heterocycles. The molecule has 2 atom stereocenters. The van der Waals surface area contributed by atoms with Crippen LogP contribution in [0, 0.1) is 0 Å². The molecule has 0 spiro atoms. The molecule has 1 N–H and O–H groups in total. The van der Waals surface area contributed by atoms with Crippen molar-refractivity contribution in [1.82, 2.24) is 9.80 Å². The minimum Gasteiger partial charge on any atom is -0.480 e. The average Bonchev–Trinajstić information content (AvgIpc) is 2.85. The quantitative estimate of drug-likeness (QED) is 0.847. The first-order valence-electron chi connectivity index (χ1n) is 6.13. The smallest absolute Gasteiger partial charge is 0.406 e. The summed E-state index contributed by atoms with van der Waals surface area (Å²) in [5.41, 5.74) is 0. The van der Waals surface area contributed by atoms with Crippen molar-refractivity contribution in [1.29, 1.82) is 0 Å². The second-order valence-electron chi connectivity index (χ2n) is 4.91. The zero-order valence-electron chi connectivity index (χ0n) is 10.6. The molecule has 5 nitrogen and oxygen atoms in total. The van der Waals surface area contributed by atoms with Gasteiger partial charge >= 0.3 is 12.1 Å². The van der Waals surface area contributed by atoms with Gasteiger partial charge in [-0.15, -0.1) is 12.4 Å². The van der Waals surface area contributed by atoms with Crippen LogP contribution >= 0.6 is 12.4 Å². The van der Waals surface area contributed by atoms with Crippen molar-refractivity contribution in [2.75, 3.05) is 19.6 Å². The standard InChI is InChI=1S/C11H15F3N2O3.ClH/c12-11(13,14)6-15-5-3-7(9(15)17)16-4-1-2-8(16)10(18)19;/h7-8H,1-6H2,(H,18,19);1H/t7?,8-;/m0./s1. The van der Waals surface area contributed by atoms with Crippen LogP contribution in [0.25, 0.3) is 0 Å². The van der Waals surface area contributed by atoms with Crippen molar-refractivity contribution >= 4 is 24.3 Å². The van der Waals surface area contributed by atoms with Crippen molar-refractivity contribution in [3.05, 3.63) is 0 Å². The van der Waals surface area contributed by atoms with Crippen molar-refractivity contribution in [3.63, 3.8) is 0 Å². The lowest BCUT2D eigenvalue weighted by Gasteiger charge is -2.27. The number of likely N-dealkylation sites (tertiary alicyclic amines) is 2. The first-order chi connectivity index (χ1) is 8.79.